The molecule has 0 aliphatic heterocycles. The van der Waals surface area contributed by atoms with Crippen molar-refractivity contribution in [1.29, 1.82) is 0 Å². The topological polar surface area (TPSA) is 49.3 Å². The number of amides is 1. The molecule has 0 fully saturated rings. The molecule has 3 nitrogen and oxygen atoms in total. The maximum atomic E-state index is 11.9. The first kappa shape index (κ1) is 14.1. The van der Waals surface area contributed by atoms with Crippen molar-refractivity contribution in [2.75, 3.05) is 6.54 Å². The maximum Gasteiger partial charge on any atom is 0.223 e. The van der Waals surface area contributed by atoms with E-state index < -0.39 is 6.10 Å². The van der Waals surface area contributed by atoms with Gasteiger partial charge in [-0.3, -0.25) is 4.79 Å². The number of allylic oxidation sites excluding steroid dienone is 2. The van der Waals surface area contributed by atoms with Crippen molar-refractivity contribution in [3.05, 3.63) is 47.0 Å². The summed E-state index contributed by atoms with van der Waals surface area (Å²) < 4.78 is 0. The first-order valence-electron chi connectivity index (χ1n) is 6.53. The summed E-state index contributed by atoms with van der Waals surface area (Å²) in [6, 6.07) is 7.05. The number of hydrogen-bond acceptors (Lipinski definition) is 2. The molecule has 0 radical (unpaired) electrons. The molecule has 0 aromatic heterocycles. The Morgan fingerprint density at radius 1 is 1.47 bits per heavy atom. The number of benzene rings is 1. The van der Waals surface area contributed by atoms with Crippen molar-refractivity contribution in [1.82, 2.24) is 5.32 Å². The lowest BCUT2D eigenvalue weighted by Crippen LogP contribution is -2.34. The fraction of sp³-hybridized carbons (Fsp3) is 0.400. The minimum Gasteiger partial charge on any atom is -0.387 e. The third kappa shape index (κ3) is 4.08. The van der Waals surface area contributed by atoms with E-state index in [-0.39, 0.29) is 18.4 Å². The Bertz CT molecular complexity index is 473. The van der Waals surface area contributed by atoms with Crippen LogP contribution in [0.25, 0.3) is 0 Å². The molecule has 0 spiro atoms. The van der Waals surface area contributed by atoms with Gasteiger partial charge in [0, 0.05) is 17.5 Å². The van der Waals surface area contributed by atoms with Gasteiger partial charge in [-0.25, -0.2) is 0 Å². The van der Waals surface area contributed by atoms with Gasteiger partial charge in [-0.1, -0.05) is 35.9 Å². The summed E-state index contributed by atoms with van der Waals surface area (Å²) >= 11 is 5.87. The second-order valence-corrected chi connectivity index (χ2v) is 5.23. The molecule has 2 unspecified atom stereocenters. The molecule has 1 aromatic carbocycles. The largest absolute Gasteiger partial charge is 0.387 e. The van der Waals surface area contributed by atoms with E-state index in [0.29, 0.717) is 5.02 Å². The van der Waals surface area contributed by atoms with Gasteiger partial charge in [0.25, 0.3) is 0 Å². The Labute approximate surface area is 118 Å². The Kier molecular flexibility index (Phi) is 5.00. The van der Waals surface area contributed by atoms with Crippen molar-refractivity contribution in [2.24, 2.45) is 5.92 Å². The lowest BCUT2D eigenvalue weighted by molar-refractivity contribution is -0.125. The van der Waals surface area contributed by atoms with Crippen molar-refractivity contribution < 1.29 is 9.90 Å². The highest BCUT2D eigenvalue weighted by molar-refractivity contribution is 6.30. The highest BCUT2D eigenvalue weighted by Gasteiger charge is 2.19. The van der Waals surface area contributed by atoms with E-state index in [1.165, 1.54) is 0 Å². The van der Waals surface area contributed by atoms with Gasteiger partial charge in [0.2, 0.25) is 5.91 Å². The predicted octanol–water partition coefficient (Wildman–Crippen LogP) is 2.85. The minimum atomic E-state index is -0.721. The van der Waals surface area contributed by atoms with E-state index in [0.717, 1.165) is 24.8 Å². The fourth-order valence-electron chi connectivity index (χ4n) is 2.21. The molecule has 0 saturated heterocycles. The van der Waals surface area contributed by atoms with Crippen LogP contribution in [0.2, 0.25) is 5.02 Å². The van der Waals surface area contributed by atoms with Gasteiger partial charge in [0.15, 0.2) is 0 Å². The van der Waals surface area contributed by atoms with E-state index in [9.17, 15) is 9.90 Å². The quantitative estimate of drug-likeness (QED) is 0.833. The van der Waals surface area contributed by atoms with Gasteiger partial charge in [0.05, 0.1) is 6.10 Å². The molecule has 1 aliphatic carbocycles. The lowest BCUT2D eigenvalue weighted by atomic mass is 9.93. The average Bonchev–Trinajstić information content (AvgIpc) is 2.45. The second-order valence-electron chi connectivity index (χ2n) is 4.80. The van der Waals surface area contributed by atoms with E-state index in [1.54, 1.807) is 24.3 Å². The maximum absolute atomic E-state index is 11.9. The van der Waals surface area contributed by atoms with Gasteiger partial charge in [-0.2, -0.15) is 0 Å². The summed E-state index contributed by atoms with van der Waals surface area (Å²) in [6.07, 6.45) is 6.05. The van der Waals surface area contributed by atoms with Crippen LogP contribution in [0, 0.1) is 5.92 Å². The molecule has 2 atom stereocenters. The average molecular weight is 280 g/mol. The highest BCUT2D eigenvalue weighted by atomic mass is 35.5. The fourth-order valence-corrected chi connectivity index (χ4v) is 2.40. The summed E-state index contributed by atoms with van der Waals surface area (Å²) in [7, 11) is 0. The zero-order chi connectivity index (χ0) is 13.7. The van der Waals surface area contributed by atoms with Crippen molar-refractivity contribution in [3.63, 3.8) is 0 Å². The number of hydrogen-bond donors (Lipinski definition) is 2. The summed E-state index contributed by atoms with van der Waals surface area (Å²) in [5.41, 5.74) is 0.719. The standard InChI is InChI=1S/C15H18ClNO2/c16-13-8-4-7-12(9-13)14(18)10-17-15(19)11-5-2-1-3-6-11/h1-2,4,7-9,11,14,18H,3,5-6,10H2,(H,17,19). The Balaban J connectivity index is 1.84. The molecule has 0 bridgehead atoms. The summed E-state index contributed by atoms with van der Waals surface area (Å²) in [5, 5.41) is 13.4. The molecule has 2 rings (SSSR count). The molecule has 4 heteroatoms. The number of aliphatic hydroxyl groups excluding tert-OH is 1. The van der Waals surface area contributed by atoms with Crippen LogP contribution in [0.4, 0.5) is 0 Å². The van der Waals surface area contributed by atoms with Crippen molar-refractivity contribution in [3.8, 4) is 0 Å². The Morgan fingerprint density at radius 3 is 3.00 bits per heavy atom. The zero-order valence-electron chi connectivity index (χ0n) is 10.7. The third-order valence-electron chi connectivity index (χ3n) is 3.34. The number of rotatable bonds is 4. The van der Waals surface area contributed by atoms with Gasteiger partial charge < -0.3 is 10.4 Å². The van der Waals surface area contributed by atoms with Gasteiger partial charge in [-0.05, 0) is 37.0 Å². The normalized spacial score (nSPS) is 20.0. The number of carbonyl (C=O) groups is 1. The van der Waals surface area contributed by atoms with E-state index in [2.05, 4.69) is 11.4 Å². The number of aliphatic hydroxyl groups is 1. The molecule has 19 heavy (non-hydrogen) atoms. The molecule has 2 N–H and O–H groups in total. The van der Waals surface area contributed by atoms with E-state index in [1.807, 2.05) is 6.08 Å². The van der Waals surface area contributed by atoms with Crippen LogP contribution in [0.15, 0.2) is 36.4 Å². The first-order valence-corrected chi connectivity index (χ1v) is 6.91. The number of halogens is 1. The van der Waals surface area contributed by atoms with Crippen LogP contribution in [0.3, 0.4) is 0 Å². The highest BCUT2D eigenvalue weighted by Crippen LogP contribution is 2.19. The molecule has 0 saturated carbocycles. The van der Waals surface area contributed by atoms with Crippen molar-refractivity contribution in [2.45, 2.75) is 25.4 Å². The number of nitrogens with one attached hydrogen (secondary N) is 1. The SMILES string of the molecule is O=C(NCC(O)c1cccc(Cl)c1)C1CC=CCC1. The Morgan fingerprint density at radius 2 is 2.32 bits per heavy atom. The monoisotopic (exact) mass is 279 g/mol. The van der Waals surface area contributed by atoms with E-state index >= 15 is 0 Å². The summed E-state index contributed by atoms with van der Waals surface area (Å²) in [5.74, 6) is 0.0574. The number of carbonyl (C=O) groups excluding carboxylic acids is 1. The van der Waals surface area contributed by atoms with E-state index in [4.69, 9.17) is 11.6 Å². The molecule has 102 valence electrons. The smallest absolute Gasteiger partial charge is 0.223 e. The first-order chi connectivity index (χ1) is 9.16. The van der Waals surface area contributed by atoms with Crippen LogP contribution >= 0.6 is 11.6 Å². The third-order valence-corrected chi connectivity index (χ3v) is 3.58. The molecular weight excluding hydrogens is 262 g/mol. The second kappa shape index (κ2) is 6.73. The zero-order valence-corrected chi connectivity index (χ0v) is 11.4. The summed E-state index contributed by atoms with van der Waals surface area (Å²) in [6.45, 7) is 0.222. The molecule has 1 amide bonds. The predicted molar refractivity (Wildman–Crippen MR) is 75.9 cm³/mol. The molecular formula is C15H18ClNO2. The lowest BCUT2D eigenvalue weighted by Gasteiger charge is -2.19. The van der Waals surface area contributed by atoms with Crippen LogP contribution in [-0.2, 0) is 4.79 Å². The summed E-state index contributed by atoms with van der Waals surface area (Å²) in [4.78, 5) is 11.9. The van der Waals surface area contributed by atoms with Crippen LogP contribution in [-0.4, -0.2) is 17.6 Å². The molecule has 1 aliphatic rings. The van der Waals surface area contributed by atoms with Crippen LogP contribution in [0.5, 0.6) is 0 Å². The van der Waals surface area contributed by atoms with Crippen LogP contribution in [0.1, 0.15) is 30.9 Å². The molecule has 1 aromatic rings. The van der Waals surface area contributed by atoms with Crippen molar-refractivity contribution >= 4 is 17.5 Å². The molecule has 0 heterocycles. The van der Waals surface area contributed by atoms with Crippen LogP contribution < -0.4 is 5.32 Å². The van der Waals surface area contributed by atoms with Gasteiger partial charge in [0.1, 0.15) is 0 Å². The Hall–Kier alpha value is -1.32. The van der Waals surface area contributed by atoms with Gasteiger partial charge in [-0.15, -0.1) is 0 Å². The van der Waals surface area contributed by atoms with Gasteiger partial charge >= 0.3 is 0 Å². The minimum absolute atomic E-state index is 0.0189.